The van der Waals surface area contributed by atoms with Crippen LogP contribution in [0.4, 0.5) is 13.2 Å². The summed E-state index contributed by atoms with van der Waals surface area (Å²) in [4.78, 5) is 11.1. The zero-order chi connectivity index (χ0) is 13.8. The van der Waals surface area contributed by atoms with Gasteiger partial charge in [-0.3, -0.25) is 4.79 Å². The van der Waals surface area contributed by atoms with Crippen molar-refractivity contribution in [2.75, 3.05) is 12.4 Å². The van der Waals surface area contributed by atoms with Gasteiger partial charge in [-0.25, -0.2) is 0 Å². The SMILES string of the molecule is CC(=O)c1ccc(OCCSC(F)(F)F)c(C)c1. The lowest BCUT2D eigenvalue weighted by molar-refractivity contribution is -0.0329. The van der Waals surface area contributed by atoms with Crippen LogP contribution in [0.15, 0.2) is 18.2 Å². The largest absolute Gasteiger partial charge is 0.492 e. The molecule has 1 rings (SSSR count). The molecule has 100 valence electrons. The van der Waals surface area contributed by atoms with Gasteiger partial charge in [0.05, 0.1) is 6.61 Å². The van der Waals surface area contributed by atoms with Gasteiger partial charge in [-0.2, -0.15) is 13.2 Å². The summed E-state index contributed by atoms with van der Waals surface area (Å²) in [7, 11) is 0. The molecule has 0 aliphatic carbocycles. The van der Waals surface area contributed by atoms with Crippen LogP contribution in [0.3, 0.4) is 0 Å². The number of ether oxygens (including phenoxy) is 1. The van der Waals surface area contributed by atoms with Crippen LogP contribution in [0, 0.1) is 6.92 Å². The van der Waals surface area contributed by atoms with Gasteiger partial charge in [0, 0.05) is 11.3 Å². The molecule has 0 bridgehead atoms. The first kappa shape index (κ1) is 14.9. The lowest BCUT2D eigenvalue weighted by atomic mass is 10.1. The molecule has 0 atom stereocenters. The summed E-state index contributed by atoms with van der Waals surface area (Å²) in [5.74, 6) is 0.289. The Hall–Kier alpha value is -1.17. The summed E-state index contributed by atoms with van der Waals surface area (Å²) in [6.45, 7) is 3.18. The normalized spacial score (nSPS) is 11.4. The molecule has 0 radical (unpaired) electrons. The number of ketones is 1. The number of hydrogen-bond acceptors (Lipinski definition) is 3. The number of alkyl halides is 3. The summed E-state index contributed by atoms with van der Waals surface area (Å²) < 4.78 is 40.9. The Labute approximate surface area is 108 Å². The molecule has 0 saturated heterocycles. The van der Waals surface area contributed by atoms with E-state index >= 15 is 0 Å². The topological polar surface area (TPSA) is 26.3 Å². The van der Waals surface area contributed by atoms with Gasteiger partial charge < -0.3 is 4.74 Å². The Bertz CT molecular complexity index is 430. The molecule has 0 amide bonds. The van der Waals surface area contributed by atoms with Crippen molar-refractivity contribution in [3.8, 4) is 5.75 Å². The van der Waals surface area contributed by atoms with Gasteiger partial charge in [-0.15, -0.1) is 0 Å². The number of aryl methyl sites for hydroxylation is 1. The standard InChI is InChI=1S/C12H13F3O2S/c1-8-7-10(9(2)16)3-4-11(8)17-5-6-18-12(13,14)15/h3-4,7H,5-6H2,1-2H3. The van der Waals surface area contributed by atoms with E-state index in [1.54, 1.807) is 25.1 Å². The lowest BCUT2D eigenvalue weighted by Gasteiger charge is -2.10. The van der Waals surface area contributed by atoms with Gasteiger partial charge >= 0.3 is 5.51 Å². The Kier molecular flexibility index (Phi) is 5.07. The van der Waals surface area contributed by atoms with Gasteiger partial charge in [0.25, 0.3) is 0 Å². The molecule has 18 heavy (non-hydrogen) atoms. The minimum atomic E-state index is -4.23. The number of Topliss-reactive ketones (excluding diaryl/α,β-unsaturated/α-hetero) is 1. The van der Waals surface area contributed by atoms with E-state index < -0.39 is 5.51 Å². The van der Waals surface area contributed by atoms with Crippen LogP contribution in [0.1, 0.15) is 22.8 Å². The molecule has 0 aromatic heterocycles. The summed E-state index contributed by atoms with van der Waals surface area (Å²) in [5.41, 5.74) is -2.93. The molecule has 0 saturated carbocycles. The van der Waals surface area contributed by atoms with E-state index in [2.05, 4.69) is 0 Å². The third-order valence-corrected chi connectivity index (χ3v) is 2.89. The molecule has 0 aliphatic heterocycles. The molecular formula is C12H13F3O2S. The van der Waals surface area contributed by atoms with Crippen LogP contribution >= 0.6 is 11.8 Å². The van der Waals surface area contributed by atoms with E-state index in [9.17, 15) is 18.0 Å². The fraction of sp³-hybridized carbons (Fsp3) is 0.417. The first-order chi connectivity index (χ1) is 8.29. The number of carbonyl (C=O) groups is 1. The van der Waals surface area contributed by atoms with Crippen molar-refractivity contribution in [1.29, 1.82) is 0 Å². The number of carbonyl (C=O) groups excluding carboxylic acids is 1. The van der Waals surface area contributed by atoms with E-state index in [0.717, 1.165) is 5.56 Å². The fourth-order valence-corrected chi connectivity index (χ4v) is 1.74. The van der Waals surface area contributed by atoms with Crippen LogP contribution in [0.2, 0.25) is 0 Å². The van der Waals surface area contributed by atoms with Crippen molar-refractivity contribution in [3.63, 3.8) is 0 Å². The molecule has 1 aromatic rings. The van der Waals surface area contributed by atoms with E-state index in [0.29, 0.717) is 11.3 Å². The smallest absolute Gasteiger partial charge is 0.441 e. The average molecular weight is 278 g/mol. The minimum absolute atomic E-state index is 0.0234. The van der Waals surface area contributed by atoms with Crippen molar-refractivity contribution < 1.29 is 22.7 Å². The van der Waals surface area contributed by atoms with Gasteiger partial charge in [-0.05, 0) is 49.4 Å². The van der Waals surface area contributed by atoms with Gasteiger partial charge in [-0.1, -0.05) is 0 Å². The van der Waals surface area contributed by atoms with E-state index in [-0.39, 0.29) is 29.9 Å². The van der Waals surface area contributed by atoms with Crippen molar-refractivity contribution in [2.45, 2.75) is 19.4 Å². The van der Waals surface area contributed by atoms with Gasteiger partial charge in [0.2, 0.25) is 0 Å². The second-order valence-electron chi connectivity index (χ2n) is 3.68. The van der Waals surface area contributed by atoms with Crippen LogP contribution < -0.4 is 4.74 Å². The fourth-order valence-electron chi connectivity index (χ4n) is 1.34. The number of halogens is 3. The van der Waals surface area contributed by atoms with Crippen molar-refractivity contribution >= 4 is 17.5 Å². The second-order valence-corrected chi connectivity index (χ2v) is 4.84. The van der Waals surface area contributed by atoms with Crippen LogP contribution in [-0.4, -0.2) is 23.7 Å². The van der Waals surface area contributed by atoms with Gasteiger partial charge in [0.15, 0.2) is 5.78 Å². The maximum Gasteiger partial charge on any atom is 0.441 e. The summed E-state index contributed by atoms with van der Waals surface area (Å²) in [5, 5.41) is 0. The predicted molar refractivity (Wildman–Crippen MR) is 65.2 cm³/mol. The molecule has 0 N–H and O–H groups in total. The molecule has 0 unspecified atom stereocenters. The van der Waals surface area contributed by atoms with E-state index in [1.165, 1.54) is 6.92 Å². The van der Waals surface area contributed by atoms with Crippen molar-refractivity contribution in [1.82, 2.24) is 0 Å². The highest BCUT2D eigenvalue weighted by atomic mass is 32.2. The third kappa shape index (κ3) is 5.00. The first-order valence-corrected chi connectivity index (χ1v) is 6.23. The molecule has 0 aliphatic rings. The molecule has 0 fully saturated rings. The zero-order valence-corrected chi connectivity index (χ0v) is 10.8. The van der Waals surface area contributed by atoms with Gasteiger partial charge in [0.1, 0.15) is 5.75 Å². The molecular weight excluding hydrogens is 265 g/mol. The Morgan fingerprint density at radius 1 is 1.39 bits per heavy atom. The molecule has 2 nitrogen and oxygen atoms in total. The highest BCUT2D eigenvalue weighted by Gasteiger charge is 2.27. The highest BCUT2D eigenvalue weighted by Crippen LogP contribution is 2.30. The summed E-state index contributed by atoms with van der Waals surface area (Å²) >= 11 is -0.112. The van der Waals surface area contributed by atoms with Crippen LogP contribution in [0.25, 0.3) is 0 Å². The predicted octanol–water partition coefficient (Wildman–Crippen LogP) is 3.83. The minimum Gasteiger partial charge on any atom is -0.492 e. The second kappa shape index (κ2) is 6.13. The maximum atomic E-state index is 11.9. The maximum absolute atomic E-state index is 11.9. The molecule has 6 heteroatoms. The number of thioether (sulfide) groups is 1. The number of benzene rings is 1. The lowest BCUT2D eigenvalue weighted by Crippen LogP contribution is -2.08. The molecule has 0 spiro atoms. The Morgan fingerprint density at radius 3 is 2.56 bits per heavy atom. The van der Waals surface area contributed by atoms with E-state index in [1.807, 2.05) is 0 Å². The van der Waals surface area contributed by atoms with Crippen molar-refractivity contribution in [2.24, 2.45) is 0 Å². The quantitative estimate of drug-likeness (QED) is 0.605. The third-order valence-electron chi connectivity index (χ3n) is 2.19. The molecule has 0 heterocycles. The summed E-state index contributed by atoms with van der Waals surface area (Å²) in [6.07, 6.45) is 0. The summed E-state index contributed by atoms with van der Waals surface area (Å²) in [6, 6.07) is 4.86. The van der Waals surface area contributed by atoms with Crippen molar-refractivity contribution in [3.05, 3.63) is 29.3 Å². The van der Waals surface area contributed by atoms with Crippen LogP contribution in [0.5, 0.6) is 5.75 Å². The Balaban J connectivity index is 2.51. The Morgan fingerprint density at radius 2 is 2.06 bits per heavy atom. The van der Waals surface area contributed by atoms with Crippen LogP contribution in [-0.2, 0) is 0 Å². The zero-order valence-electron chi connectivity index (χ0n) is 10.0. The highest BCUT2D eigenvalue weighted by molar-refractivity contribution is 8.00. The average Bonchev–Trinajstić information content (AvgIpc) is 2.24. The number of rotatable bonds is 5. The molecule has 1 aromatic carbocycles. The number of hydrogen-bond donors (Lipinski definition) is 0. The monoisotopic (exact) mass is 278 g/mol. The van der Waals surface area contributed by atoms with E-state index in [4.69, 9.17) is 4.74 Å². The first-order valence-electron chi connectivity index (χ1n) is 5.24.